The summed E-state index contributed by atoms with van der Waals surface area (Å²) < 4.78 is 17.8. The number of rotatable bonds is 3. The van der Waals surface area contributed by atoms with Gasteiger partial charge in [-0.2, -0.15) is 0 Å². The molecule has 0 aliphatic carbocycles. The third-order valence-electron chi connectivity index (χ3n) is 2.98. The number of carboxylic acid groups (broad SMARTS) is 1. The van der Waals surface area contributed by atoms with E-state index < -0.39 is 17.9 Å². The SMILES string of the molecule is O=C(O)[C@@H]1COCCN1C(=O)/C=C\c1ccc(F)cc1. The number of morpholine rings is 1. The van der Waals surface area contributed by atoms with Crippen LogP contribution in [0.15, 0.2) is 30.3 Å². The van der Waals surface area contributed by atoms with Crippen molar-refractivity contribution in [2.24, 2.45) is 0 Å². The van der Waals surface area contributed by atoms with Gasteiger partial charge in [0.1, 0.15) is 5.82 Å². The number of carbonyl (C=O) groups is 2. The highest BCUT2D eigenvalue weighted by Crippen LogP contribution is 2.10. The molecule has 0 spiro atoms. The van der Waals surface area contributed by atoms with Crippen LogP contribution in [0.4, 0.5) is 4.39 Å². The topological polar surface area (TPSA) is 66.8 Å². The van der Waals surface area contributed by atoms with Crippen molar-refractivity contribution in [1.82, 2.24) is 4.90 Å². The Kier molecular flexibility index (Phi) is 4.47. The van der Waals surface area contributed by atoms with Crippen molar-refractivity contribution >= 4 is 18.0 Å². The molecule has 0 radical (unpaired) electrons. The van der Waals surface area contributed by atoms with Crippen LogP contribution < -0.4 is 0 Å². The summed E-state index contributed by atoms with van der Waals surface area (Å²) in [6.45, 7) is 0.551. The molecule has 1 amide bonds. The summed E-state index contributed by atoms with van der Waals surface area (Å²) in [6.07, 6.45) is 2.81. The van der Waals surface area contributed by atoms with Gasteiger partial charge in [0.2, 0.25) is 5.91 Å². The highest BCUT2D eigenvalue weighted by atomic mass is 19.1. The molecule has 1 aliphatic rings. The van der Waals surface area contributed by atoms with Crippen molar-refractivity contribution in [1.29, 1.82) is 0 Å². The van der Waals surface area contributed by atoms with E-state index in [1.165, 1.54) is 41.3 Å². The van der Waals surface area contributed by atoms with Gasteiger partial charge >= 0.3 is 5.97 Å². The number of carbonyl (C=O) groups excluding carboxylic acids is 1. The molecule has 0 unspecified atom stereocenters. The van der Waals surface area contributed by atoms with Crippen molar-refractivity contribution in [2.75, 3.05) is 19.8 Å². The minimum Gasteiger partial charge on any atom is -0.480 e. The lowest BCUT2D eigenvalue weighted by Gasteiger charge is -2.31. The average molecular weight is 279 g/mol. The molecule has 0 bridgehead atoms. The molecule has 0 aromatic heterocycles. The highest BCUT2D eigenvalue weighted by molar-refractivity contribution is 5.94. The molecule has 5 nitrogen and oxygen atoms in total. The van der Waals surface area contributed by atoms with Gasteiger partial charge < -0.3 is 14.7 Å². The predicted molar refractivity (Wildman–Crippen MR) is 69.4 cm³/mol. The number of aliphatic carboxylic acids is 1. The first-order valence-electron chi connectivity index (χ1n) is 6.13. The van der Waals surface area contributed by atoms with E-state index >= 15 is 0 Å². The predicted octanol–water partition coefficient (Wildman–Crippen LogP) is 1.15. The molecule has 1 atom stereocenters. The summed E-state index contributed by atoms with van der Waals surface area (Å²) in [5.41, 5.74) is 0.667. The third kappa shape index (κ3) is 3.42. The number of carboxylic acids is 1. The number of benzene rings is 1. The lowest BCUT2D eigenvalue weighted by Crippen LogP contribution is -2.52. The van der Waals surface area contributed by atoms with Crippen LogP contribution in [-0.4, -0.2) is 47.7 Å². The molecular formula is C14H14FNO4. The summed E-state index contributed by atoms with van der Waals surface area (Å²) in [7, 11) is 0. The van der Waals surface area contributed by atoms with Gasteiger partial charge in [0.15, 0.2) is 6.04 Å². The zero-order chi connectivity index (χ0) is 14.5. The molecule has 20 heavy (non-hydrogen) atoms. The maximum atomic E-state index is 12.7. The molecule has 2 rings (SSSR count). The first kappa shape index (κ1) is 14.2. The van der Waals surface area contributed by atoms with Gasteiger partial charge in [-0.05, 0) is 23.8 Å². The van der Waals surface area contributed by atoms with Crippen molar-refractivity contribution in [3.8, 4) is 0 Å². The van der Waals surface area contributed by atoms with E-state index in [9.17, 15) is 14.0 Å². The molecule has 1 aliphatic heterocycles. The van der Waals surface area contributed by atoms with Gasteiger partial charge in [-0.3, -0.25) is 4.79 Å². The van der Waals surface area contributed by atoms with E-state index in [1.807, 2.05) is 0 Å². The maximum absolute atomic E-state index is 12.7. The smallest absolute Gasteiger partial charge is 0.328 e. The van der Waals surface area contributed by atoms with Gasteiger partial charge in [0.25, 0.3) is 0 Å². The van der Waals surface area contributed by atoms with Crippen molar-refractivity contribution < 1.29 is 23.8 Å². The van der Waals surface area contributed by atoms with E-state index in [-0.39, 0.29) is 19.0 Å². The normalized spacial score (nSPS) is 19.2. The Morgan fingerprint density at radius 2 is 2.05 bits per heavy atom. The summed E-state index contributed by atoms with van der Waals surface area (Å²) >= 11 is 0. The van der Waals surface area contributed by atoms with Crippen LogP contribution in [0.1, 0.15) is 5.56 Å². The van der Waals surface area contributed by atoms with E-state index in [4.69, 9.17) is 9.84 Å². The van der Waals surface area contributed by atoms with Crippen LogP contribution >= 0.6 is 0 Å². The van der Waals surface area contributed by atoms with Gasteiger partial charge in [-0.1, -0.05) is 12.1 Å². The minimum atomic E-state index is -1.09. The number of hydrogen-bond acceptors (Lipinski definition) is 3. The zero-order valence-corrected chi connectivity index (χ0v) is 10.7. The molecule has 1 aromatic carbocycles. The molecule has 1 saturated heterocycles. The van der Waals surface area contributed by atoms with E-state index in [0.29, 0.717) is 12.2 Å². The second-order valence-corrected chi connectivity index (χ2v) is 4.35. The van der Waals surface area contributed by atoms with Crippen molar-refractivity contribution in [3.63, 3.8) is 0 Å². The van der Waals surface area contributed by atoms with Crippen LogP contribution in [-0.2, 0) is 14.3 Å². The van der Waals surface area contributed by atoms with Crippen LogP contribution in [0.25, 0.3) is 6.08 Å². The largest absolute Gasteiger partial charge is 0.480 e. The summed E-state index contributed by atoms with van der Waals surface area (Å²) in [5, 5.41) is 9.03. The van der Waals surface area contributed by atoms with Crippen molar-refractivity contribution in [3.05, 3.63) is 41.7 Å². The first-order valence-corrected chi connectivity index (χ1v) is 6.13. The molecule has 106 valence electrons. The standard InChI is InChI=1S/C14H14FNO4/c15-11-4-1-10(2-5-11)3-6-13(17)16-7-8-20-9-12(16)14(18)19/h1-6,12H,7-9H2,(H,18,19)/b6-3-/t12-/m0/s1. The lowest BCUT2D eigenvalue weighted by molar-refractivity contribution is -0.156. The van der Waals surface area contributed by atoms with Gasteiger partial charge in [0.05, 0.1) is 13.2 Å². The third-order valence-corrected chi connectivity index (χ3v) is 2.98. The molecular weight excluding hydrogens is 265 g/mol. The summed E-state index contributed by atoms with van der Waals surface area (Å²) in [6, 6.07) is 4.69. The number of nitrogens with zero attached hydrogens (tertiary/aromatic N) is 1. The fourth-order valence-corrected chi connectivity index (χ4v) is 1.91. The Morgan fingerprint density at radius 1 is 1.35 bits per heavy atom. The van der Waals surface area contributed by atoms with Crippen LogP contribution in [0.3, 0.4) is 0 Å². The fourth-order valence-electron chi connectivity index (χ4n) is 1.91. The average Bonchev–Trinajstić information content (AvgIpc) is 2.46. The highest BCUT2D eigenvalue weighted by Gasteiger charge is 2.31. The zero-order valence-electron chi connectivity index (χ0n) is 10.7. The Bertz CT molecular complexity index is 526. The Morgan fingerprint density at radius 3 is 2.70 bits per heavy atom. The number of ether oxygens (including phenoxy) is 1. The Hall–Kier alpha value is -2.21. The van der Waals surface area contributed by atoms with Gasteiger partial charge in [0, 0.05) is 12.6 Å². The molecule has 1 aromatic rings. The van der Waals surface area contributed by atoms with E-state index in [0.717, 1.165) is 0 Å². The minimum absolute atomic E-state index is 0.00847. The summed E-state index contributed by atoms with van der Waals surface area (Å²) in [5.74, 6) is -1.84. The van der Waals surface area contributed by atoms with Gasteiger partial charge in [-0.25, -0.2) is 9.18 Å². The van der Waals surface area contributed by atoms with Gasteiger partial charge in [-0.15, -0.1) is 0 Å². The van der Waals surface area contributed by atoms with Crippen LogP contribution in [0.2, 0.25) is 0 Å². The lowest BCUT2D eigenvalue weighted by atomic mass is 10.2. The molecule has 1 heterocycles. The second kappa shape index (κ2) is 6.29. The van der Waals surface area contributed by atoms with Crippen LogP contribution in [0.5, 0.6) is 0 Å². The van der Waals surface area contributed by atoms with Crippen LogP contribution in [0, 0.1) is 5.82 Å². The fraction of sp³-hybridized carbons (Fsp3) is 0.286. The second-order valence-electron chi connectivity index (χ2n) is 4.35. The Labute approximate surface area is 115 Å². The molecule has 1 N–H and O–H groups in total. The number of halogens is 1. The molecule has 0 saturated carbocycles. The van der Waals surface area contributed by atoms with E-state index in [2.05, 4.69) is 0 Å². The number of amides is 1. The first-order chi connectivity index (χ1) is 9.58. The Balaban J connectivity index is 2.06. The van der Waals surface area contributed by atoms with E-state index in [1.54, 1.807) is 0 Å². The number of hydrogen-bond donors (Lipinski definition) is 1. The molecule has 1 fully saturated rings. The quantitative estimate of drug-likeness (QED) is 0.843. The summed E-state index contributed by atoms with van der Waals surface area (Å²) in [4.78, 5) is 24.3. The van der Waals surface area contributed by atoms with Crippen molar-refractivity contribution in [2.45, 2.75) is 6.04 Å². The monoisotopic (exact) mass is 279 g/mol. The molecule has 6 heteroatoms. The maximum Gasteiger partial charge on any atom is 0.328 e.